The predicted molar refractivity (Wildman–Crippen MR) is 95.4 cm³/mol. The Morgan fingerprint density at radius 1 is 1.27 bits per heavy atom. The van der Waals surface area contributed by atoms with Gasteiger partial charge in [-0.1, -0.05) is 6.07 Å². The Labute approximate surface area is 149 Å². The molecule has 0 bridgehead atoms. The molecular weight excluding hydrogens is 334 g/mol. The third kappa shape index (κ3) is 3.03. The molecular formula is C17H19N7O2. The molecule has 4 heterocycles. The maximum Gasteiger partial charge on any atom is 0.404 e. The fourth-order valence-electron chi connectivity index (χ4n) is 3.21. The summed E-state index contributed by atoms with van der Waals surface area (Å²) < 4.78 is 6.85. The summed E-state index contributed by atoms with van der Waals surface area (Å²) in [6, 6.07) is 5.65. The van der Waals surface area contributed by atoms with Gasteiger partial charge in [0.05, 0.1) is 11.6 Å². The Hall–Kier alpha value is -3.23. The predicted octanol–water partition coefficient (Wildman–Crippen LogP) is 1.49. The van der Waals surface area contributed by atoms with Gasteiger partial charge in [-0.05, 0) is 12.1 Å². The number of carbonyl (C=O) groups is 1. The number of fused-ring (bicyclic) bond motifs is 1. The Kier molecular flexibility index (Phi) is 4.11. The number of amides is 1. The fourth-order valence-corrected chi connectivity index (χ4v) is 3.21. The SMILES string of the molecule is Cn1ncc2c(N3CCC(OC(N)=O)CC3)nc(-c3ccccn3)nc21. The second-order valence-electron chi connectivity index (χ2n) is 6.21. The summed E-state index contributed by atoms with van der Waals surface area (Å²) in [7, 11) is 1.86. The molecule has 3 aromatic heterocycles. The summed E-state index contributed by atoms with van der Waals surface area (Å²) in [5.41, 5.74) is 6.58. The van der Waals surface area contributed by atoms with E-state index in [4.69, 9.17) is 15.5 Å². The van der Waals surface area contributed by atoms with E-state index >= 15 is 0 Å². The molecule has 0 atom stereocenters. The van der Waals surface area contributed by atoms with Gasteiger partial charge >= 0.3 is 6.09 Å². The molecule has 4 rings (SSSR count). The largest absolute Gasteiger partial charge is 0.446 e. The van der Waals surface area contributed by atoms with E-state index in [1.165, 1.54) is 0 Å². The van der Waals surface area contributed by atoms with Crippen LogP contribution in [0.5, 0.6) is 0 Å². The highest BCUT2D eigenvalue weighted by molar-refractivity contribution is 5.88. The quantitative estimate of drug-likeness (QED) is 0.759. The van der Waals surface area contributed by atoms with Crippen molar-refractivity contribution in [2.45, 2.75) is 18.9 Å². The van der Waals surface area contributed by atoms with Gasteiger partial charge in [0.1, 0.15) is 17.6 Å². The molecule has 1 aliphatic heterocycles. The highest BCUT2D eigenvalue weighted by atomic mass is 16.6. The van der Waals surface area contributed by atoms with Crippen molar-refractivity contribution in [2.75, 3.05) is 18.0 Å². The molecule has 9 heteroatoms. The molecule has 0 saturated carbocycles. The summed E-state index contributed by atoms with van der Waals surface area (Å²) in [5, 5.41) is 5.21. The lowest BCUT2D eigenvalue weighted by Gasteiger charge is -2.32. The zero-order valence-electron chi connectivity index (χ0n) is 14.4. The Balaban J connectivity index is 1.69. The fraction of sp³-hybridized carbons (Fsp3) is 0.353. The van der Waals surface area contributed by atoms with Crippen LogP contribution in [0, 0.1) is 0 Å². The number of nitrogens with zero attached hydrogens (tertiary/aromatic N) is 6. The third-order valence-corrected chi connectivity index (χ3v) is 4.49. The van der Waals surface area contributed by atoms with Gasteiger partial charge in [0.25, 0.3) is 0 Å². The molecule has 1 aliphatic rings. The maximum absolute atomic E-state index is 10.9. The topological polar surface area (TPSA) is 112 Å². The van der Waals surface area contributed by atoms with E-state index < -0.39 is 6.09 Å². The van der Waals surface area contributed by atoms with Gasteiger partial charge in [0.15, 0.2) is 11.5 Å². The van der Waals surface area contributed by atoms with Crippen LogP contribution in [0.2, 0.25) is 0 Å². The van der Waals surface area contributed by atoms with Gasteiger partial charge in [-0.15, -0.1) is 0 Å². The van der Waals surface area contributed by atoms with Crippen molar-refractivity contribution >= 4 is 22.9 Å². The zero-order valence-corrected chi connectivity index (χ0v) is 14.4. The van der Waals surface area contributed by atoms with Crippen molar-refractivity contribution in [3.8, 4) is 11.5 Å². The van der Waals surface area contributed by atoms with Crippen LogP contribution in [0.3, 0.4) is 0 Å². The minimum atomic E-state index is -0.724. The molecule has 0 aromatic carbocycles. The van der Waals surface area contributed by atoms with Gasteiger partial charge in [-0.3, -0.25) is 9.67 Å². The van der Waals surface area contributed by atoms with Crippen molar-refractivity contribution in [2.24, 2.45) is 12.8 Å². The van der Waals surface area contributed by atoms with E-state index in [0.717, 1.165) is 16.9 Å². The first-order valence-electron chi connectivity index (χ1n) is 8.44. The lowest BCUT2D eigenvalue weighted by molar-refractivity contribution is 0.0912. The molecule has 0 spiro atoms. The Morgan fingerprint density at radius 2 is 2.08 bits per heavy atom. The van der Waals surface area contributed by atoms with Crippen molar-refractivity contribution in [1.29, 1.82) is 0 Å². The zero-order chi connectivity index (χ0) is 18.1. The number of hydrogen-bond acceptors (Lipinski definition) is 7. The molecule has 0 aliphatic carbocycles. The van der Waals surface area contributed by atoms with Crippen LogP contribution in [0.1, 0.15) is 12.8 Å². The van der Waals surface area contributed by atoms with Crippen molar-refractivity contribution < 1.29 is 9.53 Å². The van der Waals surface area contributed by atoms with Gasteiger partial charge in [-0.25, -0.2) is 14.8 Å². The lowest BCUT2D eigenvalue weighted by Crippen LogP contribution is -2.39. The molecule has 26 heavy (non-hydrogen) atoms. The number of ether oxygens (including phenoxy) is 1. The molecule has 0 radical (unpaired) electrons. The van der Waals surface area contributed by atoms with Crippen LogP contribution < -0.4 is 10.6 Å². The minimum Gasteiger partial charge on any atom is -0.446 e. The van der Waals surface area contributed by atoms with Crippen molar-refractivity contribution in [3.05, 3.63) is 30.6 Å². The van der Waals surface area contributed by atoms with Crippen LogP contribution in [-0.2, 0) is 11.8 Å². The number of anilines is 1. The maximum atomic E-state index is 10.9. The van der Waals surface area contributed by atoms with Crippen LogP contribution in [0.15, 0.2) is 30.6 Å². The highest BCUT2D eigenvalue weighted by Gasteiger charge is 2.25. The average molecular weight is 353 g/mol. The Morgan fingerprint density at radius 3 is 2.77 bits per heavy atom. The standard InChI is InChI=1S/C17H19N7O2/c1-23-15-12(10-20-23)16(22-14(21-15)13-4-2-3-7-19-13)24-8-5-11(6-9-24)26-17(18)25/h2-4,7,10-11H,5-6,8-9H2,1H3,(H2,18,25). The van der Waals surface area contributed by atoms with Crippen LogP contribution in [0.4, 0.5) is 10.6 Å². The van der Waals surface area contributed by atoms with Gasteiger partial charge in [0.2, 0.25) is 0 Å². The van der Waals surface area contributed by atoms with Crippen LogP contribution >= 0.6 is 0 Å². The van der Waals surface area contributed by atoms with Crippen molar-refractivity contribution in [3.63, 3.8) is 0 Å². The molecule has 9 nitrogen and oxygen atoms in total. The van der Waals surface area contributed by atoms with E-state index in [1.807, 2.05) is 25.2 Å². The molecule has 3 aromatic rings. The number of piperidine rings is 1. The van der Waals surface area contributed by atoms with Gasteiger partial charge in [0, 0.05) is 39.2 Å². The molecule has 1 saturated heterocycles. The van der Waals surface area contributed by atoms with E-state index in [9.17, 15) is 4.79 Å². The Bertz CT molecular complexity index is 933. The molecule has 1 amide bonds. The average Bonchev–Trinajstić information content (AvgIpc) is 3.03. The second kappa shape index (κ2) is 6.58. The van der Waals surface area contributed by atoms with Gasteiger partial charge in [-0.2, -0.15) is 5.10 Å². The van der Waals surface area contributed by atoms with Gasteiger partial charge < -0.3 is 15.4 Å². The molecule has 0 unspecified atom stereocenters. The highest BCUT2D eigenvalue weighted by Crippen LogP contribution is 2.29. The number of nitrogens with two attached hydrogens (primary N) is 1. The lowest BCUT2D eigenvalue weighted by atomic mass is 10.1. The molecule has 1 fully saturated rings. The summed E-state index contributed by atoms with van der Waals surface area (Å²) in [6.07, 6.45) is 4.03. The first kappa shape index (κ1) is 16.2. The number of aromatic nitrogens is 5. The minimum absolute atomic E-state index is 0.148. The number of rotatable bonds is 3. The first-order chi connectivity index (χ1) is 12.6. The molecule has 134 valence electrons. The summed E-state index contributed by atoms with van der Waals surface area (Å²) in [6.45, 7) is 1.42. The second-order valence-corrected chi connectivity index (χ2v) is 6.21. The number of carbonyl (C=O) groups excluding carboxylic acids is 1. The summed E-state index contributed by atoms with van der Waals surface area (Å²) >= 11 is 0. The van der Waals surface area contributed by atoms with Crippen LogP contribution in [0.25, 0.3) is 22.6 Å². The number of hydrogen-bond donors (Lipinski definition) is 1. The smallest absolute Gasteiger partial charge is 0.404 e. The van der Waals surface area contributed by atoms with E-state index in [1.54, 1.807) is 17.1 Å². The van der Waals surface area contributed by atoms with Crippen molar-refractivity contribution in [1.82, 2.24) is 24.7 Å². The number of aryl methyl sites for hydroxylation is 1. The third-order valence-electron chi connectivity index (χ3n) is 4.49. The number of pyridine rings is 1. The number of primary amides is 1. The van der Waals surface area contributed by atoms with E-state index in [2.05, 4.69) is 20.0 Å². The van der Waals surface area contributed by atoms with E-state index in [-0.39, 0.29) is 6.10 Å². The monoisotopic (exact) mass is 353 g/mol. The summed E-state index contributed by atoms with van der Waals surface area (Å²) in [4.78, 5) is 26.9. The first-order valence-corrected chi connectivity index (χ1v) is 8.44. The van der Waals surface area contributed by atoms with Crippen LogP contribution in [-0.4, -0.2) is 50.0 Å². The summed E-state index contributed by atoms with van der Waals surface area (Å²) in [5.74, 6) is 1.38. The molecule has 2 N–H and O–H groups in total. The normalized spacial score (nSPS) is 15.3. The van der Waals surface area contributed by atoms with E-state index in [0.29, 0.717) is 37.4 Å².